The first-order valence-electron chi connectivity index (χ1n) is 6.89. The van der Waals surface area contributed by atoms with Crippen LogP contribution in [0.15, 0.2) is 36.0 Å². The van der Waals surface area contributed by atoms with Crippen molar-refractivity contribution in [3.05, 3.63) is 40.8 Å². The molecule has 2 aromatic heterocycles. The Hall–Kier alpha value is -1.17. The predicted octanol–water partition coefficient (Wildman–Crippen LogP) is 2.68. The lowest BCUT2D eigenvalue weighted by Crippen LogP contribution is -2.38. The van der Waals surface area contributed by atoms with Crippen LogP contribution < -0.4 is 5.32 Å². The first-order chi connectivity index (χ1) is 9.47. The molecule has 0 saturated heterocycles. The molecule has 20 heavy (non-hydrogen) atoms. The number of hydrogen-bond acceptors (Lipinski definition) is 4. The lowest BCUT2D eigenvalue weighted by Gasteiger charge is -2.31. The van der Waals surface area contributed by atoms with Crippen LogP contribution in [0.2, 0.25) is 0 Å². The van der Waals surface area contributed by atoms with Crippen LogP contribution in [0.4, 0.5) is 0 Å². The summed E-state index contributed by atoms with van der Waals surface area (Å²) in [6, 6.07) is 6.33. The smallest absolute Gasteiger partial charge is 0.0860 e. The summed E-state index contributed by atoms with van der Waals surface area (Å²) >= 11 is 1.75. The molecule has 2 N–H and O–H groups in total. The standard InChI is InChI=1S/C15H23N3OS/c1-15(2,3)14(13-6-4-9-20-13)16-10-12(19)11-18-8-5-7-17-18/h4-9,12,14,16,19H,10-11H2,1-3H3/t12-,14+/m0/s1. The van der Waals surface area contributed by atoms with Crippen LogP contribution in [0.3, 0.4) is 0 Å². The Morgan fingerprint density at radius 2 is 2.20 bits per heavy atom. The number of thiophene rings is 1. The van der Waals surface area contributed by atoms with E-state index in [1.807, 2.05) is 12.3 Å². The predicted molar refractivity (Wildman–Crippen MR) is 82.8 cm³/mol. The van der Waals surface area contributed by atoms with Crippen molar-refractivity contribution < 1.29 is 5.11 Å². The van der Waals surface area contributed by atoms with Crippen LogP contribution >= 0.6 is 11.3 Å². The SMILES string of the molecule is CC(C)(C)[C@H](NC[C@H](O)Cn1cccn1)c1cccs1. The van der Waals surface area contributed by atoms with E-state index < -0.39 is 6.10 Å². The van der Waals surface area contributed by atoms with Gasteiger partial charge in [0.2, 0.25) is 0 Å². The number of rotatable bonds is 6. The highest BCUT2D eigenvalue weighted by molar-refractivity contribution is 7.10. The minimum absolute atomic E-state index is 0.107. The summed E-state index contributed by atoms with van der Waals surface area (Å²) in [6.45, 7) is 7.71. The fourth-order valence-electron chi connectivity index (χ4n) is 2.23. The van der Waals surface area contributed by atoms with Gasteiger partial charge in [-0.3, -0.25) is 4.68 Å². The molecule has 0 radical (unpaired) electrons. The third kappa shape index (κ3) is 4.16. The van der Waals surface area contributed by atoms with Gasteiger partial charge >= 0.3 is 0 Å². The van der Waals surface area contributed by atoms with Crippen LogP contribution in [-0.2, 0) is 6.54 Å². The van der Waals surface area contributed by atoms with Gasteiger partial charge in [-0.15, -0.1) is 11.3 Å². The van der Waals surface area contributed by atoms with E-state index in [-0.39, 0.29) is 11.5 Å². The summed E-state index contributed by atoms with van der Waals surface area (Å²) in [5.74, 6) is 0. The number of aliphatic hydroxyl groups is 1. The fraction of sp³-hybridized carbons (Fsp3) is 0.533. The van der Waals surface area contributed by atoms with E-state index in [1.54, 1.807) is 22.2 Å². The van der Waals surface area contributed by atoms with Gasteiger partial charge in [-0.25, -0.2) is 0 Å². The molecule has 0 saturated carbocycles. The molecule has 0 aliphatic rings. The molecule has 2 rings (SSSR count). The van der Waals surface area contributed by atoms with Gasteiger partial charge in [-0.05, 0) is 22.9 Å². The first kappa shape index (κ1) is 15.2. The number of hydrogen-bond donors (Lipinski definition) is 2. The summed E-state index contributed by atoms with van der Waals surface area (Å²) in [7, 11) is 0. The van der Waals surface area contributed by atoms with E-state index in [2.05, 4.69) is 48.7 Å². The molecule has 4 nitrogen and oxygen atoms in total. The number of nitrogens with zero attached hydrogens (tertiary/aromatic N) is 2. The lowest BCUT2D eigenvalue weighted by molar-refractivity contribution is 0.132. The quantitative estimate of drug-likeness (QED) is 0.861. The zero-order valence-corrected chi connectivity index (χ0v) is 13.1. The summed E-state index contributed by atoms with van der Waals surface area (Å²) < 4.78 is 1.75. The molecule has 0 fully saturated rings. The third-order valence-electron chi connectivity index (χ3n) is 3.21. The van der Waals surface area contributed by atoms with E-state index >= 15 is 0 Å². The molecule has 0 amide bonds. The molecule has 0 aliphatic carbocycles. The Morgan fingerprint density at radius 1 is 1.40 bits per heavy atom. The molecule has 0 aromatic carbocycles. The maximum absolute atomic E-state index is 10.1. The van der Waals surface area contributed by atoms with Crippen LogP contribution in [0, 0.1) is 5.41 Å². The van der Waals surface area contributed by atoms with Crippen LogP contribution in [0.5, 0.6) is 0 Å². The van der Waals surface area contributed by atoms with Gasteiger partial charge in [0.25, 0.3) is 0 Å². The number of nitrogens with one attached hydrogen (secondary N) is 1. The van der Waals surface area contributed by atoms with Crippen molar-refractivity contribution in [1.29, 1.82) is 0 Å². The maximum atomic E-state index is 10.1. The lowest BCUT2D eigenvalue weighted by atomic mass is 9.85. The van der Waals surface area contributed by atoms with Crippen molar-refractivity contribution in [2.24, 2.45) is 5.41 Å². The van der Waals surface area contributed by atoms with Crippen molar-refractivity contribution >= 4 is 11.3 Å². The van der Waals surface area contributed by atoms with Crippen LogP contribution in [0.25, 0.3) is 0 Å². The van der Waals surface area contributed by atoms with Gasteiger partial charge in [0.15, 0.2) is 0 Å². The summed E-state index contributed by atoms with van der Waals surface area (Å²) in [5, 5.41) is 19.8. The average Bonchev–Trinajstić information content (AvgIpc) is 3.00. The maximum Gasteiger partial charge on any atom is 0.0860 e. The largest absolute Gasteiger partial charge is 0.390 e. The molecule has 2 atom stereocenters. The van der Waals surface area contributed by atoms with E-state index in [9.17, 15) is 5.11 Å². The molecule has 0 unspecified atom stereocenters. The Kier molecular flexibility index (Phi) is 4.96. The summed E-state index contributed by atoms with van der Waals surface area (Å²) in [5.41, 5.74) is 0.107. The average molecular weight is 293 g/mol. The second-order valence-electron chi connectivity index (χ2n) is 6.10. The van der Waals surface area contributed by atoms with Crippen molar-refractivity contribution in [1.82, 2.24) is 15.1 Å². The first-order valence-corrected chi connectivity index (χ1v) is 7.77. The van der Waals surface area contributed by atoms with Crippen molar-refractivity contribution in [3.63, 3.8) is 0 Å². The van der Waals surface area contributed by atoms with Gasteiger partial charge in [0, 0.05) is 29.9 Å². The normalized spacial score (nSPS) is 15.2. The summed E-state index contributed by atoms with van der Waals surface area (Å²) in [4.78, 5) is 1.31. The Balaban J connectivity index is 1.92. The molecule has 0 aliphatic heterocycles. The van der Waals surface area contributed by atoms with Crippen molar-refractivity contribution in [3.8, 4) is 0 Å². The molecular formula is C15H23N3OS. The van der Waals surface area contributed by atoms with Crippen LogP contribution in [-0.4, -0.2) is 27.5 Å². The van der Waals surface area contributed by atoms with E-state index in [0.717, 1.165) is 0 Å². The zero-order chi connectivity index (χ0) is 14.6. The molecule has 0 spiro atoms. The number of aliphatic hydroxyl groups excluding tert-OH is 1. The monoisotopic (exact) mass is 293 g/mol. The zero-order valence-electron chi connectivity index (χ0n) is 12.3. The molecule has 110 valence electrons. The van der Waals surface area contributed by atoms with E-state index in [1.165, 1.54) is 4.88 Å². The second kappa shape index (κ2) is 6.52. The van der Waals surface area contributed by atoms with Gasteiger partial charge in [-0.2, -0.15) is 5.10 Å². The van der Waals surface area contributed by atoms with Crippen molar-refractivity contribution in [2.45, 2.75) is 39.5 Å². The minimum atomic E-state index is -0.445. The molecule has 2 aromatic rings. The molecule has 2 heterocycles. The molecule has 0 bridgehead atoms. The Bertz CT molecular complexity index is 488. The highest BCUT2D eigenvalue weighted by Gasteiger charge is 2.27. The third-order valence-corrected chi connectivity index (χ3v) is 4.15. The van der Waals surface area contributed by atoms with Crippen LogP contribution in [0.1, 0.15) is 31.7 Å². The highest BCUT2D eigenvalue weighted by Crippen LogP contribution is 2.34. The summed E-state index contributed by atoms with van der Waals surface area (Å²) in [6.07, 6.45) is 3.15. The van der Waals surface area contributed by atoms with Crippen molar-refractivity contribution in [2.75, 3.05) is 6.54 Å². The molecular weight excluding hydrogens is 270 g/mol. The van der Waals surface area contributed by atoms with Gasteiger partial charge in [0.05, 0.1) is 12.6 Å². The second-order valence-corrected chi connectivity index (χ2v) is 7.08. The molecule has 5 heteroatoms. The fourth-order valence-corrected chi connectivity index (χ4v) is 3.28. The Morgan fingerprint density at radius 3 is 2.75 bits per heavy atom. The Labute approximate surface area is 124 Å². The van der Waals surface area contributed by atoms with Gasteiger partial charge < -0.3 is 10.4 Å². The van der Waals surface area contributed by atoms with E-state index in [0.29, 0.717) is 13.1 Å². The van der Waals surface area contributed by atoms with Gasteiger partial charge in [0.1, 0.15) is 0 Å². The highest BCUT2D eigenvalue weighted by atomic mass is 32.1. The number of aromatic nitrogens is 2. The van der Waals surface area contributed by atoms with Gasteiger partial charge in [-0.1, -0.05) is 26.8 Å². The topological polar surface area (TPSA) is 50.1 Å². The minimum Gasteiger partial charge on any atom is -0.390 e. The van der Waals surface area contributed by atoms with E-state index in [4.69, 9.17) is 0 Å².